The first-order valence-electron chi connectivity index (χ1n) is 6.47. The maximum Gasteiger partial charge on any atom is 0.271 e. The summed E-state index contributed by atoms with van der Waals surface area (Å²) < 4.78 is 31.1. The third kappa shape index (κ3) is 13.8. The lowest BCUT2D eigenvalue weighted by atomic mass is 10.1. The molecular formula is C13H28F2O. The van der Waals surface area contributed by atoms with Gasteiger partial charge in [-0.05, 0) is 20.3 Å². The Bertz CT molecular complexity index is 136. The van der Waals surface area contributed by atoms with Crippen molar-refractivity contribution in [3.63, 3.8) is 0 Å². The minimum absolute atomic E-state index is 0.0419. The summed E-state index contributed by atoms with van der Waals surface area (Å²) in [6, 6.07) is 0. The van der Waals surface area contributed by atoms with Crippen LogP contribution in [0.1, 0.15) is 66.7 Å². The minimum Gasteiger partial charge on any atom is -0.373 e. The van der Waals surface area contributed by atoms with Gasteiger partial charge in [0.25, 0.3) is 5.92 Å². The highest BCUT2D eigenvalue weighted by atomic mass is 19.3. The summed E-state index contributed by atoms with van der Waals surface area (Å²) in [6.07, 6.45) is 3.46. The molecule has 0 fully saturated rings. The first kappa shape index (κ1) is 18.2. The molecule has 0 unspecified atom stereocenters. The number of hydrogen-bond acceptors (Lipinski definition) is 1. The van der Waals surface area contributed by atoms with Crippen LogP contribution >= 0.6 is 0 Å². The zero-order valence-electron chi connectivity index (χ0n) is 11.5. The molecule has 100 valence electrons. The fraction of sp³-hybridized carbons (Fsp3) is 1.00. The van der Waals surface area contributed by atoms with Crippen LogP contribution in [-0.2, 0) is 4.74 Å². The Kier molecular flexibility index (Phi) is 12.9. The second-order valence-corrected chi connectivity index (χ2v) is 4.03. The molecule has 0 atom stereocenters. The van der Waals surface area contributed by atoms with Gasteiger partial charge in [-0.3, -0.25) is 0 Å². The van der Waals surface area contributed by atoms with Crippen molar-refractivity contribution in [1.29, 1.82) is 0 Å². The van der Waals surface area contributed by atoms with E-state index >= 15 is 0 Å². The summed E-state index contributed by atoms with van der Waals surface area (Å²) in [6.45, 7) is 9.18. The fourth-order valence-electron chi connectivity index (χ4n) is 1.17. The SMILES string of the molecule is CC.CCCCCCC(F)(F)COC(C)C. The Morgan fingerprint density at radius 1 is 1.06 bits per heavy atom. The Balaban J connectivity index is 0. The maximum atomic E-state index is 13.1. The summed E-state index contributed by atoms with van der Waals surface area (Å²) >= 11 is 0. The molecule has 0 spiro atoms. The van der Waals surface area contributed by atoms with Gasteiger partial charge in [0, 0.05) is 6.42 Å². The largest absolute Gasteiger partial charge is 0.373 e. The van der Waals surface area contributed by atoms with Gasteiger partial charge >= 0.3 is 0 Å². The summed E-state index contributed by atoms with van der Waals surface area (Å²) in [5.74, 6) is -2.64. The molecule has 0 aromatic carbocycles. The van der Waals surface area contributed by atoms with Gasteiger partial charge in [0.2, 0.25) is 0 Å². The van der Waals surface area contributed by atoms with E-state index in [9.17, 15) is 8.78 Å². The van der Waals surface area contributed by atoms with Crippen LogP contribution in [0, 0.1) is 0 Å². The van der Waals surface area contributed by atoms with Crippen LogP contribution in [0.5, 0.6) is 0 Å². The Hall–Kier alpha value is -0.180. The normalized spacial score (nSPS) is 11.2. The van der Waals surface area contributed by atoms with Crippen molar-refractivity contribution in [2.75, 3.05) is 6.61 Å². The van der Waals surface area contributed by atoms with Gasteiger partial charge in [-0.25, -0.2) is 8.78 Å². The van der Waals surface area contributed by atoms with Crippen molar-refractivity contribution in [3.05, 3.63) is 0 Å². The average molecular weight is 238 g/mol. The molecule has 3 heteroatoms. The van der Waals surface area contributed by atoms with E-state index in [1.54, 1.807) is 13.8 Å². The van der Waals surface area contributed by atoms with E-state index in [-0.39, 0.29) is 12.5 Å². The molecule has 0 aliphatic carbocycles. The zero-order chi connectivity index (χ0) is 13.0. The van der Waals surface area contributed by atoms with E-state index in [0.717, 1.165) is 19.3 Å². The van der Waals surface area contributed by atoms with Crippen LogP contribution in [0.25, 0.3) is 0 Å². The van der Waals surface area contributed by atoms with E-state index in [1.807, 2.05) is 13.8 Å². The molecule has 0 radical (unpaired) electrons. The monoisotopic (exact) mass is 238 g/mol. The second kappa shape index (κ2) is 11.3. The molecule has 1 nitrogen and oxygen atoms in total. The Morgan fingerprint density at radius 2 is 1.62 bits per heavy atom. The molecule has 0 aromatic heterocycles. The quantitative estimate of drug-likeness (QED) is 0.538. The number of rotatable bonds is 8. The molecule has 0 aliphatic heterocycles. The lowest BCUT2D eigenvalue weighted by Crippen LogP contribution is -2.25. The van der Waals surface area contributed by atoms with Crippen molar-refractivity contribution < 1.29 is 13.5 Å². The molecule has 0 rings (SSSR count). The number of unbranched alkanes of at least 4 members (excludes halogenated alkanes) is 3. The fourth-order valence-corrected chi connectivity index (χ4v) is 1.17. The summed E-state index contributed by atoms with van der Waals surface area (Å²) in [5, 5.41) is 0. The number of hydrogen-bond donors (Lipinski definition) is 0. The van der Waals surface area contributed by atoms with Crippen molar-refractivity contribution in [3.8, 4) is 0 Å². The van der Waals surface area contributed by atoms with E-state index in [1.165, 1.54) is 0 Å². The predicted molar refractivity (Wildman–Crippen MR) is 66.1 cm³/mol. The van der Waals surface area contributed by atoms with Gasteiger partial charge in [-0.1, -0.05) is 40.0 Å². The smallest absolute Gasteiger partial charge is 0.271 e. The highest BCUT2D eigenvalue weighted by molar-refractivity contribution is 4.65. The number of halogens is 2. The molecule has 0 aromatic rings. The van der Waals surface area contributed by atoms with Gasteiger partial charge in [-0.15, -0.1) is 0 Å². The molecule has 0 saturated heterocycles. The minimum atomic E-state index is -2.64. The van der Waals surface area contributed by atoms with Crippen molar-refractivity contribution in [1.82, 2.24) is 0 Å². The van der Waals surface area contributed by atoms with E-state index in [0.29, 0.717) is 6.42 Å². The third-order valence-corrected chi connectivity index (χ3v) is 2.02. The molecule has 0 aliphatic rings. The van der Waals surface area contributed by atoms with Gasteiger partial charge in [0.05, 0.1) is 6.10 Å². The Morgan fingerprint density at radius 3 is 2.06 bits per heavy atom. The van der Waals surface area contributed by atoms with Crippen LogP contribution < -0.4 is 0 Å². The molecule has 0 N–H and O–H groups in total. The molecule has 0 bridgehead atoms. The highest BCUT2D eigenvalue weighted by Gasteiger charge is 2.28. The summed E-state index contributed by atoms with van der Waals surface area (Å²) in [5.41, 5.74) is 0. The third-order valence-electron chi connectivity index (χ3n) is 2.02. The van der Waals surface area contributed by atoms with Crippen molar-refractivity contribution in [2.45, 2.75) is 78.7 Å². The first-order chi connectivity index (χ1) is 7.48. The van der Waals surface area contributed by atoms with Crippen molar-refractivity contribution in [2.24, 2.45) is 0 Å². The van der Waals surface area contributed by atoms with Crippen LogP contribution in [-0.4, -0.2) is 18.6 Å². The van der Waals surface area contributed by atoms with Gasteiger partial charge < -0.3 is 4.74 Å². The predicted octanol–water partition coefficient (Wildman–Crippen LogP) is 5.04. The highest BCUT2D eigenvalue weighted by Crippen LogP contribution is 2.22. The van der Waals surface area contributed by atoms with Crippen molar-refractivity contribution >= 4 is 0 Å². The van der Waals surface area contributed by atoms with Crippen LogP contribution in [0.15, 0.2) is 0 Å². The van der Waals surface area contributed by atoms with Gasteiger partial charge in [0.1, 0.15) is 6.61 Å². The van der Waals surface area contributed by atoms with E-state index in [2.05, 4.69) is 6.92 Å². The molecular weight excluding hydrogens is 210 g/mol. The molecule has 16 heavy (non-hydrogen) atoms. The standard InChI is InChI=1S/C11H22F2O.C2H6/c1-4-5-6-7-8-11(12,13)9-14-10(2)3;1-2/h10H,4-9H2,1-3H3;1-2H3. The number of alkyl halides is 2. The summed E-state index contributed by atoms with van der Waals surface area (Å²) in [7, 11) is 0. The Labute approximate surface area is 99.6 Å². The lowest BCUT2D eigenvalue weighted by Gasteiger charge is -2.17. The second-order valence-electron chi connectivity index (χ2n) is 4.03. The zero-order valence-corrected chi connectivity index (χ0v) is 11.5. The van der Waals surface area contributed by atoms with Crippen LogP contribution in [0.3, 0.4) is 0 Å². The number of ether oxygens (including phenoxy) is 1. The van der Waals surface area contributed by atoms with Crippen LogP contribution in [0.4, 0.5) is 8.78 Å². The first-order valence-corrected chi connectivity index (χ1v) is 6.47. The molecule has 0 saturated carbocycles. The van der Waals surface area contributed by atoms with Gasteiger partial charge in [0.15, 0.2) is 0 Å². The topological polar surface area (TPSA) is 9.23 Å². The molecule has 0 amide bonds. The average Bonchev–Trinajstić information content (AvgIpc) is 2.25. The van der Waals surface area contributed by atoms with Crippen LogP contribution in [0.2, 0.25) is 0 Å². The van der Waals surface area contributed by atoms with E-state index in [4.69, 9.17) is 4.74 Å². The van der Waals surface area contributed by atoms with E-state index < -0.39 is 12.5 Å². The molecule has 0 heterocycles. The lowest BCUT2D eigenvalue weighted by molar-refractivity contribution is -0.0978. The summed E-state index contributed by atoms with van der Waals surface area (Å²) in [4.78, 5) is 0. The maximum absolute atomic E-state index is 13.1. The van der Waals surface area contributed by atoms with Gasteiger partial charge in [-0.2, -0.15) is 0 Å².